The minimum Gasteiger partial charge on any atom is -0.426 e. The molecule has 0 unspecified atom stereocenters. The molecule has 2 heterocycles. The van der Waals surface area contributed by atoms with Crippen molar-refractivity contribution in [1.29, 1.82) is 0 Å². The highest BCUT2D eigenvalue weighted by molar-refractivity contribution is 6.22. The Morgan fingerprint density at radius 3 is 2.29 bits per heavy atom. The first-order chi connectivity index (χ1) is 16.4. The number of rotatable bonds is 5. The molecular weight excluding hydrogens is 432 g/mol. The fourth-order valence-corrected chi connectivity index (χ4v) is 5.48. The van der Waals surface area contributed by atoms with Crippen LogP contribution in [0.1, 0.15) is 50.6 Å². The molecular formula is C27H28N2O5. The molecule has 2 aromatic carbocycles. The van der Waals surface area contributed by atoms with Crippen LogP contribution >= 0.6 is 0 Å². The number of amides is 3. The molecule has 3 fully saturated rings. The van der Waals surface area contributed by atoms with Crippen molar-refractivity contribution in [1.82, 2.24) is 4.90 Å². The first-order valence-electron chi connectivity index (χ1n) is 12.0. The standard InChI is InChI=1S/C27H28N2O5/c1-17(18-8-3-2-4-9-18)28-16-19(14-24(28)30)27(33)34-21-11-7-10-20(15-21)29-25(31)22-12-5-6-13-23(22)26(29)32/h2-4,7-11,15,17,19,22-23H,5-6,12-14,16H2,1H3/t17-,19-,22-,23+/m1/s1. The lowest BCUT2D eigenvalue weighted by Crippen LogP contribution is -2.31. The number of hydrogen-bond donors (Lipinski definition) is 0. The van der Waals surface area contributed by atoms with Gasteiger partial charge in [0, 0.05) is 19.0 Å². The number of imide groups is 1. The predicted octanol–water partition coefficient (Wildman–Crippen LogP) is 3.88. The van der Waals surface area contributed by atoms with Gasteiger partial charge in [-0.05, 0) is 37.5 Å². The summed E-state index contributed by atoms with van der Waals surface area (Å²) >= 11 is 0. The first-order valence-corrected chi connectivity index (χ1v) is 12.0. The lowest BCUT2D eigenvalue weighted by molar-refractivity contribution is -0.139. The third-order valence-corrected chi connectivity index (χ3v) is 7.38. The molecule has 3 amide bonds. The third kappa shape index (κ3) is 4.00. The number of ether oxygens (including phenoxy) is 1. The van der Waals surface area contributed by atoms with E-state index in [1.165, 1.54) is 4.90 Å². The summed E-state index contributed by atoms with van der Waals surface area (Å²) in [5, 5.41) is 0. The molecule has 0 N–H and O–H groups in total. The van der Waals surface area contributed by atoms with Crippen molar-refractivity contribution in [2.45, 2.75) is 45.1 Å². The van der Waals surface area contributed by atoms with E-state index in [2.05, 4.69) is 0 Å². The van der Waals surface area contributed by atoms with Gasteiger partial charge in [0.2, 0.25) is 17.7 Å². The van der Waals surface area contributed by atoms with Gasteiger partial charge in [0.1, 0.15) is 5.75 Å². The molecule has 1 saturated carbocycles. The van der Waals surface area contributed by atoms with Gasteiger partial charge in [-0.15, -0.1) is 0 Å². The van der Waals surface area contributed by atoms with Crippen LogP contribution in [0.5, 0.6) is 5.75 Å². The van der Waals surface area contributed by atoms with Crippen molar-refractivity contribution in [2.24, 2.45) is 17.8 Å². The van der Waals surface area contributed by atoms with Gasteiger partial charge in [-0.2, -0.15) is 0 Å². The summed E-state index contributed by atoms with van der Waals surface area (Å²) < 4.78 is 5.60. The van der Waals surface area contributed by atoms with E-state index in [4.69, 9.17) is 4.74 Å². The summed E-state index contributed by atoms with van der Waals surface area (Å²) in [7, 11) is 0. The Hall–Kier alpha value is -3.48. The number of hydrogen-bond acceptors (Lipinski definition) is 5. The monoisotopic (exact) mass is 460 g/mol. The molecule has 7 nitrogen and oxygen atoms in total. The maximum atomic E-state index is 12.9. The zero-order valence-corrected chi connectivity index (χ0v) is 19.2. The van der Waals surface area contributed by atoms with Crippen molar-refractivity contribution < 1.29 is 23.9 Å². The van der Waals surface area contributed by atoms with Gasteiger partial charge >= 0.3 is 5.97 Å². The van der Waals surface area contributed by atoms with Gasteiger partial charge in [-0.1, -0.05) is 49.2 Å². The molecule has 2 saturated heterocycles. The Kier molecular flexibility index (Phi) is 5.94. The number of fused-ring (bicyclic) bond motifs is 1. The first kappa shape index (κ1) is 22.3. The number of anilines is 1. The van der Waals surface area contributed by atoms with E-state index in [-0.39, 0.29) is 47.8 Å². The largest absolute Gasteiger partial charge is 0.426 e. The SMILES string of the molecule is C[C@H](c1ccccc1)N1C[C@H](C(=O)Oc2cccc(N3C(=O)[C@H]4CCCC[C@H]4C3=O)c2)CC1=O. The molecule has 3 aliphatic rings. The number of esters is 1. The van der Waals surface area contributed by atoms with E-state index in [9.17, 15) is 19.2 Å². The van der Waals surface area contributed by atoms with Crippen LogP contribution in [0, 0.1) is 17.8 Å². The highest BCUT2D eigenvalue weighted by atomic mass is 16.5. The molecule has 4 atom stereocenters. The van der Waals surface area contributed by atoms with Crippen LogP contribution < -0.4 is 9.64 Å². The fourth-order valence-electron chi connectivity index (χ4n) is 5.48. The van der Waals surface area contributed by atoms with Crippen molar-refractivity contribution >= 4 is 29.4 Å². The zero-order chi connectivity index (χ0) is 23.8. The van der Waals surface area contributed by atoms with Gasteiger partial charge < -0.3 is 9.64 Å². The maximum absolute atomic E-state index is 12.9. The van der Waals surface area contributed by atoms with Crippen LogP contribution in [0.4, 0.5) is 5.69 Å². The number of carbonyl (C=O) groups is 4. The van der Waals surface area contributed by atoms with E-state index in [1.807, 2.05) is 37.3 Å². The van der Waals surface area contributed by atoms with Gasteiger partial charge in [0.05, 0.1) is 29.5 Å². The number of nitrogens with zero attached hydrogens (tertiary/aromatic N) is 2. The molecule has 0 radical (unpaired) electrons. The summed E-state index contributed by atoms with van der Waals surface area (Å²) in [5.74, 6) is -1.68. The Morgan fingerprint density at radius 1 is 0.941 bits per heavy atom. The molecule has 2 aliphatic heterocycles. The Balaban J connectivity index is 1.27. The van der Waals surface area contributed by atoms with Crippen LogP contribution in [0.25, 0.3) is 0 Å². The Bertz CT molecular complexity index is 1110. The van der Waals surface area contributed by atoms with Crippen molar-refractivity contribution in [2.75, 3.05) is 11.4 Å². The molecule has 0 bridgehead atoms. The molecule has 2 aromatic rings. The highest BCUT2D eigenvalue weighted by Crippen LogP contribution is 2.40. The Labute approximate surface area is 198 Å². The average Bonchev–Trinajstić information content (AvgIpc) is 3.37. The average molecular weight is 461 g/mol. The van der Waals surface area contributed by atoms with Gasteiger partial charge in [0.25, 0.3) is 0 Å². The van der Waals surface area contributed by atoms with Crippen LogP contribution in [0.3, 0.4) is 0 Å². The zero-order valence-electron chi connectivity index (χ0n) is 19.2. The van der Waals surface area contributed by atoms with E-state index in [1.54, 1.807) is 29.2 Å². The normalized spacial score (nSPS) is 25.4. The predicted molar refractivity (Wildman–Crippen MR) is 125 cm³/mol. The fraction of sp³-hybridized carbons (Fsp3) is 0.407. The van der Waals surface area contributed by atoms with Gasteiger partial charge in [-0.3, -0.25) is 19.2 Å². The van der Waals surface area contributed by atoms with E-state index in [0.29, 0.717) is 12.2 Å². The van der Waals surface area contributed by atoms with Crippen LogP contribution in [-0.4, -0.2) is 35.1 Å². The van der Waals surface area contributed by atoms with E-state index >= 15 is 0 Å². The van der Waals surface area contributed by atoms with Crippen LogP contribution in [-0.2, 0) is 19.2 Å². The maximum Gasteiger partial charge on any atom is 0.316 e. The molecule has 34 heavy (non-hydrogen) atoms. The molecule has 1 aliphatic carbocycles. The van der Waals surface area contributed by atoms with Gasteiger partial charge in [-0.25, -0.2) is 4.90 Å². The summed E-state index contributed by atoms with van der Waals surface area (Å²) in [5.41, 5.74) is 1.44. The van der Waals surface area contributed by atoms with E-state index in [0.717, 1.165) is 31.2 Å². The second-order valence-electron chi connectivity index (χ2n) is 9.46. The van der Waals surface area contributed by atoms with Crippen molar-refractivity contribution in [3.05, 3.63) is 60.2 Å². The minimum absolute atomic E-state index is 0.0806. The molecule has 176 valence electrons. The summed E-state index contributed by atoms with van der Waals surface area (Å²) in [6, 6.07) is 16.1. The molecule has 0 aromatic heterocycles. The smallest absolute Gasteiger partial charge is 0.316 e. The third-order valence-electron chi connectivity index (χ3n) is 7.38. The van der Waals surface area contributed by atoms with Crippen LogP contribution in [0.15, 0.2) is 54.6 Å². The Morgan fingerprint density at radius 2 is 1.62 bits per heavy atom. The minimum atomic E-state index is -0.569. The van der Waals surface area contributed by atoms with Crippen molar-refractivity contribution in [3.63, 3.8) is 0 Å². The summed E-state index contributed by atoms with van der Waals surface area (Å²) in [4.78, 5) is 54.3. The highest BCUT2D eigenvalue weighted by Gasteiger charge is 2.48. The second kappa shape index (κ2) is 9.05. The van der Waals surface area contributed by atoms with Crippen molar-refractivity contribution in [3.8, 4) is 5.75 Å². The molecule has 0 spiro atoms. The van der Waals surface area contributed by atoms with E-state index < -0.39 is 11.9 Å². The van der Waals surface area contributed by atoms with Gasteiger partial charge in [0.15, 0.2) is 0 Å². The topological polar surface area (TPSA) is 84.0 Å². The lowest BCUT2D eigenvalue weighted by Gasteiger charge is -2.25. The summed E-state index contributed by atoms with van der Waals surface area (Å²) in [6.45, 7) is 2.24. The number of likely N-dealkylation sites (tertiary alicyclic amines) is 1. The second-order valence-corrected chi connectivity index (χ2v) is 9.46. The quantitative estimate of drug-likeness (QED) is 0.384. The molecule has 7 heteroatoms. The number of benzene rings is 2. The number of carbonyl (C=O) groups excluding carboxylic acids is 4. The molecule has 5 rings (SSSR count). The van der Waals surface area contributed by atoms with Crippen LogP contribution in [0.2, 0.25) is 0 Å². The summed E-state index contributed by atoms with van der Waals surface area (Å²) in [6.07, 6.45) is 3.52. The lowest BCUT2D eigenvalue weighted by atomic mass is 9.81.